The van der Waals surface area contributed by atoms with E-state index in [0.717, 1.165) is 26.0 Å². The van der Waals surface area contributed by atoms with E-state index in [9.17, 15) is 13.6 Å². The largest absolute Gasteiger partial charge is 0.489 e. The summed E-state index contributed by atoms with van der Waals surface area (Å²) in [5.74, 6) is -3.19. The van der Waals surface area contributed by atoms with Crippen molar-refractivity contribution in [2.75, 3.05) is 14.2 Å². The summed E-state index contributed by atoms with van der Waals surface area (Å²) in [6, 6.07) is 5.83. The van der Waals surface area contributed by atoms with E-state index in [-0.39, 0.29) is 18.0 Å². The third-order valence-corrected chi connectivity index (χ3v) is 4.87. The smallest absolute Gasteiger partial charge is 0.340 e. The highest BCUT2D eigenvalue weighted by molar-refractivity contribution is 5.89. The number of carbonyl (C=O) groups excluding carboxylic acids is 1. The zero-order chi connectivity index (χ0) is 21.0. The summed E-state index contributed by atoms with van der Waals surface area (Å²) in [5, 5.41) is 0. The van der Waals surface area contributed by atoms with Crippen molar-refractivity contribution < 1.29 is 32.5 Å². The Bertz CT molecular complexity index is 853. The molecule has 0 unspecified atom stereocenters. The minimum atomic E-state index is -1.31. The van der Waals surface area contributed by atoms with E-state index in [2.05, 4.69) is 9.72 Å². The predicted octanol–water partition coefficient (Wildman–Crippen LogP) is 4.23. The number of hydrogen-bond donors (Lipinski definition) is 0. The molecule has 1 aliphatic rings. The maximum Gasteiger partial charge on any atom is 0.340 e. The van der Waals surface area contributed by atoms with Crippen molar-refractivity contribution in [2.45, 2.75) is 44.5 Å². The minimum Gasteiger partial charge on any atom is -0.489 e. The zero-order valence-corrected chi connectivity index (χ0v) is 16.5. The first-order valence-corrected chi connectivity index (χ1v) is 9.35. The molecule has 156 valence electrons. The molecule has 0 spiro atoms. The number of methoxy groups -OCH3 is 2. The van der Waals surface area contributed by atoms with Crippen LogP contribution in [0.25, 0.3) is 0 Å². The Kier molecular flexibility index (Phi) is 6.64. The number of aromatic nitrogens is 1. The first-order valence-electron chi connectivity index (χ1n) is 9.35. The van der Waals surface area contributed by atoms with Gasteiger partial charge in [0.15, 0.2) is 11.6 Å². The predicted molar refractivity (Wildman–Crippen MR) is 100 cm³/mol. The van der Waals surface area contributed by atoms with E-state index in [0.29, 0.717) is 17.9 Å². The Hall–Kier alpha value is -2.74. The number of pyridine rings is 1. The fraction of sp³-hybridized carbons (Fsp3) is 0.429. The zero-order valence-electron chi connectivity index (χ0n) is 16.5. The van der Waals surface area contributed by atoms with Crippen LogP contribution in [0.15, 0.2) is 30.5 Å². The van der Waals surface area contributed by atoms with Crippen molar-refractivity contribution in [2.24, 2.45) is 0 Å². The average Bonchev–Trinajstić information content (AvgIpc) is 2.71. The van der Waals surface area contributed by atoms with Crippen LogP contribution in [0.1, 0.15) is 48.3 Å². The number of benzene rings is 1. The average molecular weight is 407 g/mol. The maximum absolute atomic E-state index is 14.3. The molecule has 1 aromatic carbocycles. The number of hydrogen-bond acceptors (Lipinski definition) is 6. The van der Waals surface area contributed by atoms with Gasteiger partial charge in [-0.15, -0.1) is 0 Å². The summed E-state index contributed by atoms with van der Waals surface area (Å²) < 4.78 is 49.5. The van der Waals surface area contributed by atoms with E-state index >= 15 is 0 Å². The highest BCUT2D eigenvalue weighted by Crippen LogP contribution is 2.31. The Morgan fingerprint density at radius 1 is 1.14 bits per heavy atom. The van der Waals surface area contributed by atoms with Crippen LogP contribution >= 0.6 is 0 Å². The molecule has 0 N–H and O–H groups in total. The van der Waals surface area contributed by atoms with E-state index in [1.54, 1.807) is 25.4 Å². The van der Waals surface area contributed by atoms with Crippen molar-refractivity contribution >= 4 is 5.97 Å². The molecule has 6 nitrogen and oxygen atoms in total. The number of halogens is 2. The van der Waals surface area contributed by atoms with Gasteiger partial charge in [-0.3, -0.25) is 4.98 Å². The summed E-state index contributed by atoms with van der Waals surface area (Å²) >= 11 is 0. The van der Waals surface area contributed by atoms with E-state index < -0.39 is 29.3 Å². The molecule has 29 heavy (non-hydrogen) atoms. The molecule has 0 aliphatic heterocycles. The fourth-order valence-corrected chi connectivity index (χ4v) is 3.05. The van der Waals surface area contributed by atoms with Gasteiger partial charge in [-0.2, -0.15) is 4.39 Å². The van der Waals surface area contributed by atoms with Crippen LogP contribution in [0.2, 0.25) is 0 Å². The summed E-state index contributed by atoms with van der Waals surface area (Å²) in [7, 11) is 2.77. The third kappa shape index (κ3) is 4.64. The molecule has 0 amide bonds. The lowest BCUT2D eigenvalue weighted by molar-refractivity contribution is -0.0382. The summed E-state index contributed by atoms with van der Waals surface area (Å²) in [6.07, 6.45) is 3.49. The van der Waals surface area contributed by atoms with Crippen molar-refractivity contribution in [1.82, 2.24) is 4.98 Å². The van der Waals surface area contributed by atoms with Gasteiger partial charge in [0.25, 0.3) is 0 Å². The van der Waals surface area contributed by atoms with Crippen LogP contribution < -0.4 is 9.47 Å². The standard InChI is InChI=1S/C21H23F2NO5/c1-4-17(29-18-8-6-15(21(25)27-3)19(22)20(18)23)16-7-5-12(11-24-16)28-14-9-13(10-14)26-2/h5-8,11,13-14,17H,4,9-10H2,1-3H3/t13?,14?,17-/m1/s1. The highest BCUT2D eigenvalue weighted by atomic mass is 19.2. The van der Waals surface area contributed by atoms with Crippen LogP contribution in [-0.2, 0) is 9.47 Å². The summed E-state index contributed by atoms with van der Waals surface area (Å²) in [6.45, 7) is 1.84. The number of nitrogens with zero attached hydrogens (tertiary/aromatic N) is 1. The lowest BCUT2D eigenvalue weighted by Crippen LogP contribution is -2.38. The molecule has 8 heteroatoms. The van der Waals surface area contributed by atoms with Crippen LogP contribution in [0, 0.1) is 11.6 Å². The Labute approximate surface area is 167 Å². The number of carbonyl (C=O) groups is 1. The first kappa shape index (κ1) is 21.0. The molecule has 1 heterocycles. The highest BCUT2D eigenvalue weighted by Gasteiger charge is 2.31. The van der Waals surface area contributed by atoms with Crippen molar-refractivity contribution in [3.05, 3.63) is 53.4 Å². The molecule has 1 aliphatic carbocycles. The second-order valence-electron chi connectivity index (χ2n) is 6.73. The monoisotopic (exact) mass is 407 g/mol. The molecule has 2 aromatic rings. The second-order valence-corrected chi connectivity index (χ2v) is 6.73. The molecule has 1 saturated carbocycles. The molecule has 1 aromatic heterocycles. The van der Waals surface area contributed by atoms with Gasteiger partial charge in [0.1, 0.15) is 18.0 Å². The molecule has 1 fully saturated rings. The fourth-order valence-electron chi connectivity index (χ4n) is 3.05. The number of rotatable bonds is 8. The Morgan fingerprint density at radius 3 is 2.48 bits per heavy atom. The number of esters is 1. The molecule has 1 atom stereocenters. The lowest BCUT2D eigenvalue weighted by Gasteiger charge is -2.34. The quantitative estimate of drug-likeness (QED) is 0.610. The summed E-state index contributed by atoms with van der Waals surface area (Å²) in [4.78, 5) is 15.8. The van der Waals surface area contributed by atoms with Gasteiger partial charge in [0.2, 0.25) is 5.82 Å². The molecular weight excluding hydrogens is 384 g/mol. The van der Waals surface area contributed by atoms with Crippen LogP contribution in [-0.4, -0.2) is 37.4 Å². The van der Waals surface area contributed by atoms with Gasteiger partial charge < -0.3 is 18.9 Å². The van der Waals surface area contributed by atoms with Gasteiger partial charge in [0, 0.05) is 20.0 Å². The molecule has 0 radical (unpaired) electrons. The Balaban J connectivity index is 1.68. The van der Waals surface area contributed by atoms with Crippen molar-refractivity contribution in [1.29, 1.82) is 0 Å². The lowest BCUT2D eigenvalue weighted by atomic mass is 9.92. The van der Waals surface area contributed by atoms with Gasteiger partial charge in [0.05, 0.1) is 30.7 Å². The van der Waals surface area contributed by atoms with Crippen LogP contribution in [0.4, 0.5) is 8.78 Å². The van der Waals surface area contributed by atoms with Crippen LogP contribution in [0.3, 0.4) is 0 Å². The van der Waals surface area contributed by atoms with Gasteiger partial charge in [-0.05, 0) is 30.7 Å². The minimum absolute atomic E-state index is 0.108. The van der Waals surface area contributed by atoms with Gasteiger partial charge >= 0.3 is 5.97 Å². The molecular formula is C21H23F2NO5. The second kappa shape index (κ2) is 9.17. The Morgan fingerprint density at radius 2 is 1.90 bits per heavy atom. The van der Waals surface area contributed by atoms with Crippen molar-refractivity contribution in [3.8, 4) is 11.5 Å². The summed E-state index contributed by atoms with van der Waals surface area (Å²) in [5.41, 5.74) is 0.0665. The normalized spacial score (nSPS) is 19.2. The van der Waals surface area contributed by atoms with E-state index in [4.69, 9.17) is 14.2 Å². The molecule has 3 rings (SSSR count). The van der Waals surface area contributed by atoms with E-state index in [1.165, 1.54) is 6.07 Å². The van der Waals surface area contributed by atoms with Crippen LogP contribution in [0.5, 0.6) is 11.5 Å². The van der Waals surface area contributed by atoms with Gasteiger partial charge in [-0.25, -0.2) is 9.18 Å². The SMILES string of the molecule is CC[C@@H](Oc1ccc(C(=O)OC)c(F)c1F)c1ccc(OC2CC(OC)C2)cn1. The molecule has 0 bridgehead atoms. The topological polar surface area (TPSA) is 66.9 Å². The number of ether oxygens (including phenoxy) is 4. The van der Waals surface area contributed by atoms with Crippen molar-refractivity contribution in [3.63, 3.8) is 0 Å². The van der Waals surface area contributed by atoms with E-state index in [1.807, 2.05) is 6.92 Å². The maximum atomic E-state index is 14.3. The third-order valence-electron chi connectivity index (χ3n) is 4.87. The molecule has 0 saturated heterocycles. The van der Waals surface area contributed by atoms with Gasteiger partial charge in [-0.1, -0.05) is 6.92 Å². The first-order chi connectivity index (χ1) is 14.0.